The van der Waals surface area contributed by atoms with Crippen molar-refractivity contribution in [1.29, 1.82) is 0 Å². The van der Waals surface area contributed by atoms with Gasteiger partial charge in [0, 0.05) is 10.9 Å². The number of nitrogens with two attached hydrogens (primary N) is 1. The average Bonchev–Trinajstić information content (AvgIpc) is 3.45. The van der Waals surface area contributed by atoms with E-state index in [0.717, 1.165) is 16.9 Å². The van der Waals surface area contributed by atoms with Crippen molar-refractivity contribution in [3.8, 4) is 39.6 Å². The zero-order valence-electron chi connectivity index (χ0n) is 20.4. The summed E-state index contributed by atoms with van der Waals surface area (Å²) in [5.41, 5.74) is 8.83. The molecule has 0 saturated heterocycles. The summed E-state index contributed by atoms with van der Waals surface area (Å²) < 4.78 is 22.6. The van der Waals surface area contributed by atoms with Gasteiger partial charge in [0.1, 0.15) is 9.71 Å². The number of fused-ring (bicyclic) bond motifs is 1. The number of thiophene rings is 1. The fourth-order valence-electron chi connectivity index (χ4n) is 4.20. The lowest BCUT2D eigenvalue weighted by Crippen LogP contribution is -2.39. The highest BCUT2D eigenvalue weighted by Crippen LogP contribution is 2.46. The molecule has 3 aromatic heterocycles. The number of rotatable bonds is 7. The van der Waals surface area contributed by atoms with Gasteiger partial charge in [-0.15, -0.1) is 11.3 Å². The minimum Gasteiger partial charge on any atom is -0.493 e. The molecule has 0 spiro atoms. The quantitative estimate of drug-likeness (QED) is 0.246. The van der Waals surface area contributed by atoms with E-state index >= 15 is 0 Å². The van der Waals surface area contributed by atoms with Crippen LogP contribution >= 0.6 is 11.3 Å². The van der Waals surface area contributed by atoms with Crippen molar-refractivity contribution < 1.29 is 28.2 Å². The molecule has 0 fully saturated rings. The number of carbonyl (C=O) groups is 1. The van der Waals surface area contributed by atoms with E-state index in [1.54, 1.807) is 0 Å². The fourth-order valence-corrected chi connectivity index (χ4v) is 5.26. The van der Waals surface area contributed by atoms with Crippen LogP contribution in [0, 0.1) is 0 Å². The summed E-state index contributed by atoms with van der Waals surface area (Å²) in [6.45, 7) is 0. The number of methoxy groups -OCH3 is 3. The van der Waals surface area contributed by atoms with Crippen LogP contribution in [0.1, 0.15) is 15.4 Å². The maximum absolute atomic E-state index is 13.4. The van der Waals surface area contributed by atoms with E-state index < -0.39 is 11.4 Å². The molecule has 2 aromatic carbocycles. The Labute approximate surface area is 214 Å². The van der Waals surface area contributed by atoms with E-state index in [1.165, 1.54) is 33.1 Å². The van der Waals surface area contributed by atoms with Gasteiger partial charge in [0.15, 0.2) is 18.5 Å². The summed E-state index contributed by atoms with van der Waals surface area (Å²) >= 11 is 1.11. The molecule has 0 aliphatic carbocycles. The zero-order valence-corrected chi connectivity index (χ0v) is 21.3. The molecule has 0 bridgehead atoms. The average molecular weight is 520 g/mol. The molecular formula is C26H23N4O6S+. The SMILES string of the molecule is COc1cc(-c2cc(-c3ccccc3)nc3sc(C(=O)c4c(=O)o[nH][n+]4C)c(N)c23)cc(OC)c1OC. The maximum atomic E-state index is 13.4. The van der Waals surface area contributed by atoms with Crippen LogP contribution in [0.2, 0.25) is 0 Å². The summed E-state index contributed by atoms with van der Waals surface area (Å²) in [5, 5.41) is 2.94. The second-order valence-corrected chi connectivity index (χ2v) is 9.08. The van der Waals surface area contributed by atoms with E-state index in [9.17, 15) is 9.59 Å². The highest BCUT2D eigenvalue weighted by atomic mass is 32.1. The molecule has 37 heavy (non-hydrogen) atoms. The predicted octanol–water partition coefficient (Wildman–Crippen LogP) is 3.58. The first kappa shape index (κ1) is 24.1. The van der Waals surface area contributed by atoms with Gasteiger partial charge in [-0.05, 0) is 34.6 Å². The summed E-state index contributed by atoms with van der Waals surface area (Å²) in [6, 6.07) is 15.2. The Kier molecular flexibility index (Phi) is 6.14. The van der Waals surface area contributed by atoms with Crippen molar-refractivity contribution in [2.75, 3.05) is 27.1 Å². The molecule has 3 heterocycles. The van der Waals surface area contributed by atoms with Gasteiger partial charge >= 0.3 is 11.3 Å². The first-order chi connectivity index (χ1) is 17.9. The third-order valence-corrected chi connectivity index (χ3v) is 7.07. The topological polar surface area (TPSA) is 134 Å². The lowest BCUT2D eigenvalue weighted by molar-refractivity contribution is -0.741. The molecule has 0 amide bonds. The molecule has 5 rings (SSSR count). The number of nitrogen functional groups attached to an aromatic ring is 1. The second-order valence-electron chi connectivity index (χ2n) is 8.08. The second kappa shape index (κ2) is 9.43. The van der Waals surface area contributed by atoms with Gasteiger partial charge in [0.05, 0.1) is 32.7 Å². The first-order valence-corrected chi connectivity index (χ1v) is 11.9. The number of anilines is 1. The monoisotopic (exact) mass is 519 g/mol. The number of ketones is 1. The number of aromatic nitrogens is 3. The molecule has 0 aliphatic rings. The minimum atomic E-state index is -0.785. The number of aromatic amines is 1. The van der Waals surface area contributed by atoms with Crippen LogP contribution in [-0.4, -0.2) is 37.4 Å². The normalized spacial score (nSPS) is 11.0. The summed E-state index contributed by atoms with van der Waals surface area (Å²) in [7, 11) is 6.12. The number of hydrogen-bond acceptors (Lipinski definition) is 9. The number of benzene rings is 2. The van der Waals surface area contributed by atoms with Crippen LogP contribution in [0.5, 0.6) is 17.2 Å². The molecule has 0 atom stereocenters. The van der Waals surface area contributed by atoms with Crippen LogP contribution in [0.3, 0.4) is 0 Å². The molecule has 10 nitrogen and oxygen atoms in total. The number of nitrogens with one attached hydrogen (secondary N) is 1. The minimum absolute atomic E-state index is 0.170. The van der Waals surface area contributed by atoms with E-state index in [2.05, 4.69) is 5.27 Å². The lowest BCUT2D eigenvalue weighted by Gasteiger charge is -2.15. The zero-order chi connectivity index (χ0) is 26.3. The Morgan fingerprint density at radius 2 is 1.70 bits per heavy atom. The van der Waals surface area contributed by atoms with Gasteiger partial charge in [-0.3, -0.25) is 9.32 Å². The Balaban J connectivity index is 1.82. The highest BCUT2D eigenvalue weighted by molar-refractivity contribution is 7.21. The number of ether oxygens (including phenoxy) is 3. The van der Waals surface area contributed by atoms with Crippen molar-refractivity contribution >= 4 is 33.0 Å². The predicted molar refractivity (Wildman–Crippen MR) is 138 cm³/mol. The molecule has 0 radical (unpaired) electrons. The number of aryl methyl sites for hydroxylation is 1. The fraction of sp³-hybridized carbons (Fsp3) is 0.154. The van der Waals surface area contributed by atoms with Crippen molar-refractivity contribution in [2.45, 2.75) is 0 Å². The van der Waals surface area contributed by atoms with E-state index in [1.807, 2.05) is 48.5 Å². The Morgan fingerprint density at radius 1 is 1.03 bits per heavy atom. The molecular weight excluding hydrogens is 496 g/mol. The number of H-pyrrole nitrogens is 1. The molecule has 11 heteroatoms. The molecule has 188 valence electrons. The van der Waals surface area contributed by atoms with Crippen LogP contribution < -0.4 is 30.3 Å². The lowest BCUT2D eigenvalue weighted by atomic mass is 9.98. The van der Waals surface area contributed by atoms with Crippen LogP contribution in [0.4, 0.5) is 5.69 Å². The van der Waals surface area contributed by atoms with Crippen molar-refractivity contribution in [1.82, 2.24) is 10.3 Å². The molecule has 0 saturated carbocycles. The number of hydrogen-bond donors (Lipinski definition) is 2. The van der Waals surface area contributed by atoms with Crippen LogP contribution in [0.25, 0.3) is 32.6 Å². The van der Waals surface area contributed by atoms with Gasteiger partial charge in [-0.1, -0.05) is 35.0 Å². The van der Waals surface area contributed by atoms with Crippen LogP contribution in [-0.2, 0) is 7.05 Å². The number of pyridine rings is 1. The molecule has 5 aromatic rings. The summed E-state index contributed by atoms with van der Waals surface area (Å²) in [4.78, 5) is 31.1. The molecule has 0 aliphatic heterocycles. The van der Waals surface area contributed by atoms with Crippen molar-refractivity contribution in [3.63, 3.8) is 0 Å². The number of carbonyl (C=O) groups excluding carboxylic acids is 1. The van der Waals surface area contributed by atoms with E-state index in [4.69, 9.17) is 29.5 Å². The van der Waals surface area contributed by atoms with Gasteiger partial charge in [-0.25, -0.2) is 9.78 Å². The van der Waals surface area contributed by atoms with Gasteiger partial charge in [0.2, 0.25) is 5.75 Å². The Bertz CT molecular complexity index is 1680. The Morgan fingerprint density at radius 3 is 2.27 bits per heavy atom. The van der Waals surface area contributed by atoms with Crippen molar-refractivity contribution in [2.24, 2.45) is 7.05 Å². The first-order valence-electron chi connectivity index (χ1n) is 11.1. The van der Waals surface area contributed by atoms with Crippen LogP contribution in [0.15, 0.2) is 57.8 Å². The molecule has 3 N–H and O–H groups in total. The van der Waals surface area contributed by atoms with Gasteiger partial charge < -0.3 is 19.9 Å². The van der Waals surface area contributed by atoms with Gasteiger partial charge in [0.25, 0.3) is 5.78 Å². The summed E-state index contributed by atoms with van der Waals surface area (Å²) in [5.74, 6) is 0.813. The van der Waals surface area contributed by atoms with E-state index in [0.29, 0.717) is 44.3 Å². The highest BCUT2D eigenvalue weighted by Gasteiger charge is 2.32. The smallest absolute Gasteiger partial charge is 0.438 e. The third-order valence-electron chi connectivity index (χ3n) is 5.97. The standard InChI is InChI=1S/C26H22N4O6S/c1-30-21(26(32)36-29-30)22(31)24-20(27)19-15(14-10-17(33-2)23(35-4)18(11-14)34-3)12-16(28-25(19)37-24)13-8-6-5-7-9-13/h5-12H,1-4H3,(H2-,27,29,31,32)/p+1. The third kappa shape index (κ3) is 3.99. The maximum Gasteiger partial charge on any atom is 0.438 e. The van der Waals surface area contributed by atoms with Crippen molar-refractivity contribution in [3.05, 3.63) is 69.5 Å². The van der Waals surface area contributed by atoms with Gasteiger partial charge in [-0.2, -0.15) is 0 Å². The summed E-state index contributed by atoms with van der Waals surface area (Å²) in [6.07, 6.45) is 0. The number of nitrogens with zero attached hydrogens (tertiary/aromatic N) is 2. The molecule has 0 unspecified atom stereocenters. The Hall–Kier alpha value is -4.64. The van der Waals surface area contributed by atoms with E-state index in [-0.39, 0.29) is 16.3 Å². The largest absolute Gasteiger partial charge is 0.493 e.